The van der Waals surface area contributed by atoms with Crippen molar-refractivity contribution in [3.05, 3.63) is 0 Å². The van der Waals surface area contributed by atoms with Crippen LogP contribution in [0.1, 0.15) is 0 Å². The van der Waals surface area contributed by atoms with Gasteiger partial charge in [0, 0.05) is 34.4 Å². The van der Waals surface area contributed by atoms with Gasteiger partial charge < -0.3 is 0 Å². The molecule has 0 aromatic heterocycles. The van der Waals surface area contributed by atoms with Crippen LogP contribution >= 0.6 is 0 Å². The molecule has 3 radical (unpaired) electrons. The van der Waals surface area contributed by atoms with Crippen LogP contribution in [0.5, 0.6) is 0 Å². The molecule has 0 saturated heterocycles. The third-order valence-electron chi connectivity index (χ3n) is 0. The Balaban J connectivity index is -0.0000000720. The van der Waals surface area contributed by atoms with E-state index in [9.17, 15) is 0 Å². The second-order valence-electron chi connectivity index (χ2n) is 3.00. The van der Waals surface area contributed by atoms with Gasteiger partial charge in [0.2, 0.25) is 0 Å². The van der Waals surface area contributed by atoms with Crippen LogP contribution in [0.3, 0.4) is 0 Å². The molecule has 0 aliphatic rings. The molecule has 0 bridgehead atoms. The molecule has 0 nitrogen and oxygen atoms in total. The minimum atomic E-state index is 0. The van der Waals surface area contributed by atoms with Crippen LogP contribution in [0.25, 0.3) is 0 Å². The van der Waals surface area contributed by atoms with E-state index >= 15 is 0 Å². The van der Waals surface area contributed by atoms with Crippen LogP contribution in [0.15, 0.2) is 0 Å². The summed E-state index contributed by atoms with van der Waals surface area (Å²) >= 11 is 0. The van der Waals surface area contributed by atoms with E-state index in [0.29, 0.717) is 0 Å². The predicted octanol–water partition coefficient (Wildman–Crippen LogP) is 2.74. The van der Waals surface area contributed by atoms with Crippen molar-refractivity contribution in [1.29, 1.82) is 0 Å². The zero-order valence-corrected chi connectivity index (χ0v) is 10.4. The Bertz CT molecular complexity index is 26.5. The van der Waals surface area contributed by atoms with E-state index in [4.69, 9.17) is 0 Å². The molecule has 0 fully saturated rings. The molecular formula is C6H18CoSi2. The topological polar surface area (TPSA) is 0 Å². The Labute approximate surface area is 73.8 Å². The van der Waals surface area contributed by atoms with E-state index in [1.165, 1.54) is 0 Å². The van der Waals surface area contributed by atoms with Gasteiger partial charge in [0.15, 0.2) is 0 Å². The first-order valence-electron chi connectivity index (χ1n) is 3.00. The zero-order valence-electron chi connectivity index (χ0n) is 7.33. The first kappa shape index (κ1) is 16.5. The summed E-state index contributed by atoms with van der Waals surface area (Å²) in [6, 6.07) is 0. The molecule has 0 unspecified atom stereocenters. The summed E-state index contributed by atoms with van der Waals surface area (Å²) in [5, 5.41) is 0. The molecule has 9 heavy (non-hydrogen) atoms. The fourth-order valence-corrected chi connectivity index (χ4v) is 0. The largest absolute Gasteiger partial charge is 0.0715 e. The van der Waals surface area contributed by atoms with Gasteiger partial charge in [-0.05, 0) is 0 Å². The zero-order chi connectivity index (χ0) is 7.15. The SMILES string of the molecule is C[Si](C)C.C[Si](C)C.[Co]. The number of rotatable bonds is 0. The van der Waals surface area contributed by atoms with Crippen molar-refractivity contribution in [3.8, 4) is 0 Å². The maximum absolute atomic E-state index is 2.27. The molecule has 0 atom stereocenters. The fourth-order valence-electron chi connectivity index (χ4n) is 0. The van der Waals surface area contributed by atoms with Crippen molar-refractivity contribution in [3.63, 3.8) is 0 Å². The summed E-state index contributed by atoms with van der Waals surface area (Å²) in [4.78, 5) is 0. The second kappa shape index (κ2) is 11.7. The van der Waals surface area contributed by atoms with Gasteiger partial charge in [-0.2, -0.15) is 0 Å². The quantitative estimate of drug-likeness (QED) is 0.533. The van der Waals surface area contributed by atoms with E-state index < -0.39 is 0 Å². The Hall–Kier alpha value is 0.940. The molecule has 0 heterocycles. The minimum Gasteiger partial charge on any atom is -0.0715 e. The number of hydrogen-bond donors (Lipinski definition) is 0. The van der Waals surface area contributed by atoms with Crippen LogP contribution in [0, 0.1) is 0 Å². The number of hydrogen-bond acceptors (Lipinski definition) is 0. The molecule has 0 rings (SSSR count). The van der Waals surface area contributed by atoms with Gasteiger partial charge in [-0.15, -0.1) is 0 Å². The molecule has 0 aliphatic carbocycles. The molecule has 59 valence electrons. The van der Waals surface area contributed by atoms with Gasteiger partial charge in [-0.1, -0.05) is 39.3 Å². The summed E-state index contributed by atoms with van der Waals surface area (Å²) in [7, 11) is 0.241. The van der Waals surface area contributed by atoms with Crippen molar-refractivity contribution in [1.82, 2.24) is 0 Å². The van der Waals surface area contributed by atoms with E-state index in [1.54, 1.807) is 0 Å². The monoisotopic (exact) mass is 205 g/mol. The summed E-state index contributed by atoms with van der Waals surface area (Å²) in [6.45, 7) is 13.6. The molecule has 0 aliphatic heterocycles. The van der Waals surface area contributed by atoms with Crippen LogP contribution in [-0.4, -0.2) is 17.6 Å². The summed E-state index contributed by atoms with van der Waals surface area (Å²) in [5.74, 6) is 0. The summed E-state index contributed by atoms with van der Waals surface area (Å²) in [6.07, 6.45) is 0. The van der Waals surface area contributed by atoms with Crippen LogP contribution in [-0.2, 0) is 16.8 Å². The Morgan fingerprint density at radius 2 is 0.556 bits per heavy atom. The maximum atomic E-state index is 2.27. The maximum Gasteiger partial charge on any atom is 0.0379 e. The predicted molar refractivity (Wildman–Crippen MR) is 46.7 cm³/mol. The average molecular weight is 205 g/mol. The minimum absolute atomic E-state index is 0. The van der Waals surface area contributed by atoms with E-state index in [2.05, 4.69) is 39.3 Å². The van der Waals surface area contributed by atoms with Gasteiger partial charge in [-0.3, -0.25) is 0 Å². The summed E-state index contributed by atoms with van der Waals surface area (Å²) < 4.78 is 0. The first-order chi connectivity index (χ1) is 3.46. The second-order valence-corrected chi connectivity index (χ2v) is 9.00. The smallest absolute Gasteiger partial charge is 0.0379 e. The summed E-state index contributed by atoms with van der Waals surface area (Å²) in [5.41, 5.74) is 0. The van der Waals surface area contributed by atoms with Gasteiger partial charge in [0.25, 0.3) is 0 Å². The van der Waals surface area contributed by atoms with Gasteiger partial charge in [0.05, 0.1) is 0 Å². The molecule has 0 aromatic carbocycles. The average Bonchev–Trinajstić information content (AvgIpc) is 1.25. The van der Waals surface area contributed by atoms with Crippen molar-refractivity contribution in [2.24, 2.45) is 0 Å². The standard InChI is InChI=1S/2C3H9Si.Co/c2*1-4(2)3;/h2*1-3H3;. The molecule has 0 aromatic rings. The third-order valence-corrected chi connectivity index (χ3v) is 0. The van der Waals surface area contributed by atoms with E-state index in [1.807, 2.05) is 0 Å². The Kier molecular flexibility index (Phi) is 21.4. The van der Waals surface area contributed by atoms with E-state index in [0.717, 1.165) is 0 Å². The van der Waals surface area contributed by atoms with Crippen molar-refractivity contribution >= 4 is 17.6 Å². The van der Waals surface area contributed by atoms with Crippen LogP contribution in [0.2, 0.25) is 39.3 Å². The molecule has 0 amide bonds. The third kappa shape index (κ3) is 487. The molecule has 0 spiro atoms. The molecule has 3 heteroatoms. The van der Waals surface area contributed by atoms with E-state index in [-0.39, 0.29) is 34.4 Å². The van der Waals surface area contributed by atoms with Crippen molar-refractivity contribution in [2.45, 2.75) is 39.3 Å². The molecular weight excluding hydrogens is 187 g/mol. The normalized spacial score (nSPS) is 8.00. The van der Waals surface area contributed by atoms with Gasteiger partial charge in [0.1, 0.15) is 0 Å². The van der Waals surface area contributed by atoms with Crippen LogP contribution in [0.4, 0.5) is 0 Å². The van der Waals surface area contributed by atoms with Crippen molar-refractivity contribution in [2.75, 3.05) is 0 Å². The van der Waals surface area contributed by atoms with Gasteiger partial charge in [-0.25, -0.2) is 0 Å². The van der Waals surface area contributed by atoms with Crippen molar-refractivity contribution < 1.29 is 16.8 Å². The Morgan fingerprint density at radius 3 is 0.556 bits per heavy atom. The van der Waals surface area contributed by atoms with Gasteiger partial charge >= 0.3 is 0 Å². The Morgan fingerprint density at radius 1 is 0.556 bits per heavy atom. The molecule has 0 N–H and O–H groups in total. The molecule has 0 saturated carbocycles. The fraction of sp³-hybridized carbons (Fsp3) is 1.00. The van der Waals surface area contributed by atoms with Crippen LogP contribution < -0.4 is 0 Å². The first-order valence-corrected chi connectivity index (χ1v) is 9.00.